The van der Waals surface area contributed by atoms with Gasteiger partial charge in [0.25, 0.3) is 0 Å². The van der Waals surface area contributed by atoms with Gasteiger partial charge in [-0.1, -0.05) is 36.8 Å². The third-order valence-electron chi connectivity index (χ3n) is 5.11. The Kier molecular flexibility index (Phi) is 4.42. The molecule has 1 unspecified atom stereocenters. The number of carbonyl (C=O) groups is 2. The fraction of sp³-hybridized carbons (Fsp3) is 0.579. The van der Waals surface area contributed by atoms with Crippen molar-refractivity contribution >= 4 is 11.8 Å². The zero-order valence-corrected chi connectivity index (χ0v) is 14.1. The normalized spacial score (nSPS) is 22.5. The Morgan fingerprint density at radius 3 is 2.57 bits per heavy atom. The Labute approximate surface area is 138 Å². The maximum Gasteiger partial charge on any atom is 0.238 e. The number of likely N-dealkylation sites (tertiary alicyclic amines) is 1. The van der Waals surface area contributed by atoms with E-state index >= 15 is 0 Å². The molecule has 1 aliphatic carbocycles. The molecule has 1 atom stereocenters. The summed E-state index contributed by atoms with van der Waals surface area (Å²) in [6, 6.07) is 8.11. The zero-order valence-electron chi connectivity index (χ0n) is 14.1. The molecule has 23 heavy (non-hydrogen) atoms. The Balaban J connectivity index is 1.59. The lowest BCUT2D eigenvalue weighted by atomic mass is 9.96. The molecule has 3 rings (SSSR count). The molecule has 1 aromatic carbocycles. The number of piperidine rings is 1. The van der Waals surface area contributed by atoms with Crippen molar-refractivity contribution in [2.24, 2.45) is 11.3 Å². The zero-order chi connectivity index (χ0) is 16.4. The third-order valence-corrected chi connectivity index (χ3v) is 5.11. The number of hydrogen-bond donors (Lipinski definition) is 1. The first-order valence-corrected chi connectivity index (χ1v) is 8.64. The Bertz CT molecular complexity index is 590. The average molecular weight is 314 g/mol. The molecular weight excluding hydrogens is 288 g/mol. The van der Waals surface area contributed by atoms with Gasteiger partial charge in [-0.3, -0.25) is 9.59 Å². The number of benzene rings is 1. The number of nitrogens with one attached hydrogen (secondary N) is 1. The van der Waals surface area contributed by atoms with Crippen LogP contribution in [0.1, 0.15) is 43.7 Å². The van der Waals surface area contributed by atoms with Crippen LogP contribution >= 0.6 is 0 Å². The van der Waals surface area contributed by atoms with Gasteiger partial charge in [0.05, 0.1) is 0 Å². The van der Waals surface area contributed by atoms with Crippen molar-refractivity contribution in [2.45, 2.75) is 46.1 Å². The van der Waals surface area contributed by atoms with Crippen molar-refractivity contribution in [3.05, 3.63) is 35.4 Å². The highest BCUT2D eigenvalue weighted by molar-refractivity contribution is 6.07. The van der Waals surface area contributed by atoms with Crippen molar-refractivity contribution in [3.63, 3.8) is 0 Å². The SMILES string of the molecule is Cc1ccc(CNC(=O)C2(C(=O)N3CCCC(C)C3)CC2)cc1. The third kappa shape index (κ3) is 3.41. The highest BCUT2D eigenvalue weighted by atomic mass is 16.2. The maximum atomic E-state index is 12.8. The number of rotatable bonds is 4. The van der Waals surface area contributed by atoms with Crippen molar-refractivity contribution < 1.29 is 9.59 Å². The fourth-order valence-electron chi connectivity index (χ4n) is 3.40. The summed E-state index contributed by atoms with van der Waals surface area (Å²) in [5.74, 6) is 0.492. The van der Waals surface area contributed by atoms with E-state index in [1.807, 2.05) is 36.1 Å². The molecule has 1 aromatic rings. The van der Waals surface area contributed by atoms with Gasteiger partial charge in [0, 0.05) is 19.6 Å². The number of aryl methyl sites for hydroxylation is 1. The van der Waals surface area contributed by atoms with Crippen LogP contribution in [0.3, 0.4) is 0 Å². The van der Waals surface area contributed by atoms with Gasteiger partial charge in [-0.2, -0.15) is 0 Å². The molecule has 0 aromatic heterocycles. The van der Waals surface area contributed by atoms with E-state index in [0.29, 0.717) is 25.3 Å². The topological polar surface area (TPSA) is 49.4 Å². The number of hydrogen-bond acceptors (Lipinski definition) is 2. The summed E-state index contributed by atoms with van der Waals surface area (Å²) >= 11 is 0. The van der Waals surface area contributed by atoms with Crippen LogP contribution in [0, 0.1) is 18.3 Å². The van der Waals surface area contributed by atoms with Gasteiger partial charge in [0.15, 0.2) is 0 Å². The van der Waals surface area contributed by atoms with Crippen LogP contribution in [0.4, 0.5) is 0 Å². The molecule has 1 heterocycles. The standard InChI is InChI=1S/C19H26N2O2/c1-14-5-7-16(8-6-14)12-20-17(22)19(9-10-19)18(23)21-11-3-4-15(2)13-21/h5-8,15H,3-4,9-13H2,1-2H3,(H,20,22). The summed E-state index contributed by atoms with van der Waals surface area (Å²) in [6.45, 7) is 6.31. The average Bonchev–Trinajstić information content (AvgIpc) is 3.35. The summed E-state index contributed by atoms with van der Waals surface area (Å²) in [4.78, 5) is 27.3. The van der Waals surface area contributed by atoms with Gasteiger partial charge in [0.2, 0.25) is 11.8 Å². The monoisotopic (exact) mass is 314 g/mol. The minimum atomic E-state index is -0.776. The highest BCUT2D eigenvalue weighted by Gasteiger charge is 2.58. The molecule has 0 bridgehead atoms. The summed E-state index contributed by atoms with van der Waals surface area (Å²) < 4.78 is 0. The first-order chi connectivity index (χ1) is 11.0. The van der Waals surface area contributed by atoms with Crippen LogP contribution in [-0.2, 0) is 16.1 Å². The molecule has 2 fully saturated rings. The van der Waals surface area contributed by atoms with Crippen molar-refractivity contribution in [3.8, 4) is 0 Å². The van der Waals surface area contributed by atoms with E-state index in [1.54, 1.807) is 0 Å². The lowest BCUT2D eigenvalue weighted by Gasteiger charge is -2.33. The van der Waals surface area contributed by atoms with Gasteiger partial charge < -0.3 is 10.2 Å². The lowest BCUT2D eigenvalue weighted by Crippen LogP contribution is -2.48. The van der Waals surface area contributed by atoms with E-state index in [-0.39, 0.29) is 11.8 Å². The minimum absolute atomic E-state index is 0.0467. The molecule has 1 aliphatic heterocycles. The second-order valence-corrected chi connectivity index (χ2v) is 7.25. The van der Waals surface area contributed by atoms with Gasteiger partial charge in [-0.15, -0.1) is 0 Å². The molecule has 1 saturated heterocycles. The van der Waals surface area contributed by atoms with Crippen LogP contribution in [-0.4, -0.2) is 29.8 Å². The first-order valence-electron chi connectivity index (χ1n) is 8.64. The molecule has 0 radical (unpaired) electrons. The van der Waals surface area contributed by atoms with Gasteiger partial charge in [-0.25, -0.2) is 0 Å². The van der Waals surface area contributed by atoms with Crippen LogP contribution in [0.15, 0.2) is 24.3 Å². The van der Waals surface area contributed by atoms with E-state index in [2.05, 4.69) is 12.2 Å². The van der Waals surface area contributed by atoms with Crippen molar-refractivity contribution in [2.75, 3.05) is 13.1 Å². The predicted octanol–water partition coefficient (Wildman–Crippen LogP) is 2.65. The fourth-order valence-corrected chi connectivity index (χ4v) is 3.40. The van der Waals surface area contributed by atoms with Crippen molar-refractivity contribution in [1.82, 2.24) is 10.2 Å². The molecule has 1 saturated carbocycles. The van der Waals surface area contributed by atoms with E-state index < -0.39 is 5.41 Å². The summed E-state index contributed by atoms with van der Waals surface area (Å²) in [5.41, 5.74) is 1.49. The predicted molar refractivity (Wildman–Crippen MR) is 89.7 cm³/mol. The number of carbonyl (C=O) groups excluding carboxylic acids is 2. The minimum Gasteiger partial charge on any atom is -0.351 e. The molecule has 2 amide bonds. The Morgan fingerprint density at radius 2 is 1.96 bits per heavy atom. The molecule has 1 N–H and O–H groups in total. The molecular formula is C19H26N2O2. The molecule has 4 heteroatoms. The lowest BCUT2D eigenvalue weighted by molar-refractivity contribution is -0.145. The van der Waals surface area contributed by atoms with Crippen LogP contribution in [0.2, 0.25) is 0 Å². The Morgan fingerprint density at radius 1 is 1.26 bits per heavy atom. The van der Waals surface area contributed by atoms with Crippen LogP contribution in [0.5, 0.6) is 0 Å². The van der Waals surface area contributed by atoms with Gasteiger partial charge >= 0.3 is 0 Å². The number of amides is 2. The van der Waals surface area contributed by atoms with E-state index in [4.69, 9.17) is 0 Å². The quantitative estimate of drug-likeness (QED) is 0.869. The molecule has 0 spiro atoms. The second kappa shape index (κ2) is 6.34. The smallest absolute Gasteiger partial charge is 0.238 e. The second-order valence-electron chi connectivity index (χ2n) is 7.25. The van der Waals surface area contributed by atoms with Gasteiger partial charge in [0.1, 0.15) is 5.41 Å². The number of nitrogens with zero attached hydrogens (tertiary/aromatic N) is 1. The van der Waals surface area contributed by atoms with Crippen LogP contribution in [0.25, 0.3) is 0 Å². The molecule has 124 valence electrons. The van der Waals surface area contributed by atoms with Crippen molar-refractivity contribution in [1.29, 1.82) is 0 Å². The Hall–Kier alpha value is -1.84. The molecule has 4 nitrogen and oxygen atoms in total. The maximum absolute atomic E-state index is 12.8. The van der Waals surface area contributed by atoms with Crippen LogP contribution < -0.4 is 5.32 Å². The van der Waals surface area contributed by atoms with Gasteiger partial charge in [-0.05, 0) is 44.1 Å². The summed E-state index contributed by atoms with van der Waals surface area (Å²) in [6.07, 6.45) is 3.61. The van der Waals surface area contributed by atoms with E-state index in [9.17, 15) is 9.59 Å². The molecule has 2 aliphatic rings. The first kappa shape index (κ1) is 16.0. The largest absolute Gasteiger partial charge is 0.351 e. The summed E-state index contributed by atoms with van der Waals surface area (Å²) in [7, 11) is 0. The summed E-state index contributed by atoms with van der Waals surface area (Å²) in [5, 5.41) is 2.97. The highest BCUT2D eigenvalue weighted by Crippen LogP contribution is 2.48. The van der Waals surface area contributed by atoms with E-state index in [0.717, 1.165) is 25.1 Å². The van der Waals surface area contributed by atoms with E-state index in [1.165, 1.54) is 12.0 Å².